The number of halogens is 3. The molecule has 5 nitrogen and oxygen atoms in total. The van der Waals surface area contributed by atoms with Gasteiger partial charge in [0.1, 0.15) is 5.82 Å². The molecule has 0 unspecified atom stereocenters. The van der Waals surface area contributed by atoms with E-state index in [0.29, 0.717) is 22.4 Å². The molecule has 0 aliphatic heterocycles. The fourth-order valence-corrected chi connectivity index (χ4v) is 2.29. The minimum atomic E-state index is -1.56. The van der Waals surface area contributed by atoms with E-state index in [1.807, 2.05) is 0 Å². The number of hydrogen-bond donors (Lipinski definition) is 1. The second kappa shape index (κ2) is 5.88. The van der Waals surface area contributed by atoms with Crippen LogP contribution in [-0.2, 0) is 0 Å². The molecular weight excluding hydrogens is 323 g/mol. The first-order chi connectivity index (χ1) is 11.4. The highest BCUT2D eigenvalue weighted by molar-refractivity contribution is 5.92. The van der Waals surface area contributed by atoms with Crippen LogP contribution in [0.25, 0.3) is 22.3 Å². The third-order valence-corrected chi connectivity index (χ3v) is 3.47. The molecule has 3 rings (SSSR count). The Kier molecular flexibility index (Phi) is 3.88. The Morgan fingerprint density at radius 1 is 0.875 bits per heavy atom. The molecule has 24 heavy (non-hydrogen) atoms. The molecule has 1 heterocycles. The summed E-state index contributed by atoms with van der Waals surface area (Å²) in [6, 6.07) is 4.77. The number of fused-ring (bicyclic) bond motifs is 1. The van der Waals surface area contributed by atoms with Gasteiger partial charge in [0.05, 0.1) is 19.7 Å². The molecule has 0 spiro atoms. The van der Waals surface area contributed by atoms with Crippen LogP contribution in [0, 0.1) is 17.5 Å². The van der Waals surface area contributed by atoms with Gasteiger partial charge in [-0.05, 0) is 18.2 Å². The third-order valence-electron chi connectivity index (χ3n) is 3.47. The highest BCUT2D eigenvalue weighted by Gasteiger charge is 2.16. The van der Waals surface area contributed by atoms with Gasteiger partial charge in [-0.1, -0.05) is 0 Å². The van der Waals surface area contributed by atoms with Crippen LogP contribution in [0.3, 0.4) is 0 Å². The van der Waals surface area contributed by atoms with Gasteiger partial charge >= 0.3 is 0 Å². The van der Waals surface area contributed by atoms with Crippen molar-refractivity contribution in [2.75, 3.05) is 20.0 Å². The zero-order valence-corrected chi connectivity index (χ0v) is 12.7. The van der Waals surface area contributed by atoms with Crippen LogP contribution in [0.4, 0.5) is 19.0 Å². The molecule has 0 saturated heterocycles. The van der Waals surface area contributed by atoms with Crippen molar-refractivity contribution in [3.05, 3.63) is 41.7 Å². The first kappa shape index (κ1) is 15.9. The fourth-order valence-electron chi connectivity index (χ4n) is 2.29. The van der Waals surface area contributed by atoms with Crippen molar-refractivity contribution < 1.29 is 22.6 Å². The standard InChI is InChI=1S/C16H12F3N3O2/c1-23-12-5-8-11(6-13(12)24-2)21-16(22-15(8)20)7-3-9(17)14(19)10(18)4-7/h3-6H,1-2H3,(H2,20,21,22). The largest absolute Gasteiger partial charge is 0.493 e. The summed E-state index contributed by atoms with van der Waals surface area (Å²) < 4.78 is 50.3. The van der Waals surface area contributed by atoms with Crippen molar-refractivity contribution in [3.63, 3.8) is 0 Å². The Balaban J connectivity index is 2.24. The normalized spacial score (nSPS) is 10.9. The highest BCUT2D eigenvalue weighted by atomic mass is 19.2. The number of nitrogens with zero attached hydrogens (tertiary/aromatic N) is 2. The van der Waals surface area contributed by atoms with Crippen LogP contribution < -0.4 is 15.2 Å². The van der Waals surface area contributed by atoms with Gasteiger partial charge in [0.2, 0.25) is 0 Å². The lowest BCUT2D eigenvalue weighted by atomic mass is 10.1. The fraction of sp³-hybridized carbons (Fsp3) is 0.125. The van der Waals surface area contributed by atoms with Gasteiger partial charge in [-0.25, -0.2) is 23.1 Å². The zero-order valence-electron chi connectivity index (χ0n) is 12.7. The molecule has 0 atom stereocenters. The molecule has 0 aliphatic rings. The number of nitrogen functional groups attached to an aromatic ring is 1. The number of methoxy groups -OCH3 is 2. The van der Waals surface area contributed by atoms with Gasteiger partial charge in [-0.15, -0.1) is 0 Å². The predicted molar refractivity (Wildman–Crippen MR) is 82.4 cm³/mol. The number of rotatable bonds is 3. The van der Waals surface area contributed by atoms with E-state index in [0.717, 1.165) is 12.1 Å². The van der Waals surface area contributed by atoms with E-state index in [4.69, 9.17) is 15.2 Å². The Bertz CT molecular complexity index is 924. The lowest BCUT2D eigenvalue weighted by Crippen LogP contribution is -2.01. The number of benzene rings is 2. The molecule has 0 saturated carbocycles. The van der Waals surface area contributed by atoms with Crippen molar-refractivity contribution in [1.29, 1.82) is 0 Å². The van der Waals surface area contributed by atoms with Crippen LogP contribution >= 0.6 is 0 Å². The van der Waals surface area contributed by atoms with Crippen LogP contribution in [0.5, 0.6) is 11.5 Å². The van der Waals surface area contributed by atoms with E-state index in [9.17, 15) is 13.2 Å². The minimum absolute atomic E-state index is 0.0326. The number of nitrogens with two attached hydrogens (primary N) is 1. The van der Waals surface area contributed by atoms with Gasteiger partial charge in [0.15, 0.2) is 34.8 Å². The van der Waals surface area contributed by atoms with Crippen molar-refractivity contribution in [2.24, 2.45) is 0 Å². The Labute approximate surface area is 134 Å². The average molecular weight is 335 g/mol. The molecular formula is C16H12F3N3O2. The molecule has 0 bridgehead atoms. The van der Waals surface area contributed by atoms with E-state index >= 15 is 0 Å². The van der Waals surface area contributed by atoms with Gasteiger partial charge < -0.3 is 15.2 Å². The van der Waals surface area contributed by atoms with Crippen LogP contribution in [-0.4, -0.2) is 24.2 Å². The van der Waals surface area contributed by atoms with Gasteiger partial charge in [0, 0.05) is 17.0 Å². The van der Waals surface area contributed by atoms with Crippen LogP contribution in [0.2, 0.25) is 0 Å². The average Bonchev–Trinajstić information content (AvgIpc) is 2.57. The summed E-state index contributed by atoms with van der Waals surface area (Å²) in [5, 5.41) is 0.486. The van der Waals surface area contributed by atoms with E-state index in [1.165, 1.54) is 14.2 Å². The molecule has 1 aromatic heterocycles. The highest BCUT2D eigenvalue weighted by Crippen LogP contribution is 2.34. The zero-order chi connectivity index (χ0) is 17.4. The van der Waals surface area contributed by atoms with E-state index in [2.05, 4.69) is 9.97 Å². The second-order valence-corrected chi connectivity index (χ2v) is 4.91. The first-order valence-corrected chi connectivity index (χ1v) is 6.78. The number of aromatic nitrogens is 2. The molecule has 0 fully saturated rings. The van der Waals surface area contributed by atoms with Crippen molar-refractivity contribution in [2.45, 2.75) is 0 Å². The molecule has 2 N–H and O–H groups in total. The summed E-state index contributed by atoms with van der Waals surface area (Å²) in [7, 11) is 2.93. The smallest absolute Gasteiger partial charge is 0.194 e. The monoisotopic (exact) mass is 335 g/mol. The summed E-state index contributed by atoms with van der Waals surface area (Å²) in [4.78, 5) is 8.25. The topological polar surface area (TPSA) is 70.3 Å². The summed E-state index contributed by atoms with van der Waals surface area (Å²) in [5.74, 6) is -3.33. The Morgan fingerprint density at radius 3 is 2.04 bits per heavy atom. The van der Waals surface area contributed by atoms with Gasteiger partial charge in [0.25, 0.3) is 0 Å². The van der Waals surface area contributed by atoms with Gasteiger partial charge in [-0.2, -0.15) is 0 Å². The van der Waals surface area contributed by atoms with E-state index in [-0.39, 0.29) is 17.2 Å². The van der Waals surface area contributed by atoms with E-state index in [1.54, 1.807) is 12.1 Å². The molecule has 8 heteroatoms. The second-order valence-electron chi connectivity index (χ2n) is 4.91. The SMILES string of the molecule is COc1cc2nc(-c3cc(F)c(F)c(F)c3)nc(N)c2cc1OC. The lowest BCUT2D eigenvalue weighted by Gasteiger charge is -2.11. The number of ether oxygens (including phenoxy) is 2. The predicted octanol–water partition coefficient (Wildman–Crippen LogP) is 3.31. The Morgan fingerprint density at radius 2 is 1.46 bits per heavy atom. The molecule has 124 valence electrons. The lowest BCUT2D eigenvalue weighted by molar-refractivity contribution is 0.356. The quantitative estimate of drug-likeness (QED) is 0.744. The third kappa shape index (κ3) is 2.55. The molecule has 0 radical (unpaired) electrons. The summed E-state index contributed by atoms with van der Waals surface area (Å²) in [5.41, 5.74) is 6.26. The summed E-state index contributed by atoms with van der Waals surface area (Å²) in [6.45, 7) is 0. The van der Waals surface area contributed by atoms with Crippen molar-refractivity contribution in [1.82, 2.24) is 9.97 Å². The maximum atomic E-state index is 13.4. The van der Waals surface area contributed by atoms with Crippen LogP contribution in [0.1, 0.15) is 0 Å². The molecule has 0 amide bonds. The Hall–Kier alpha value is -3.03. The van der Waals surface area contributed by atoms with Crippen LogP contribution in [0.15, 0.2) is 24.3 Å². The molecule has 2 aromatic carbocycles. The maximum Gasteiger partial charge on any atom is 0.194 e. The summed E-state index contributed by atoms with van der Waals surface area (Å²) in [6.07, 6.45) is 0. The summed E-state index contributed by atoms with van der Waals surface area (Å²) >= 11 is 0. The van der Waals surface area contributed by atoms with Crippen molar-refractivity contribution >= 4 is 16.7 Å². The molecule has 0 aliphatic carbocycles. The maximum absolute atomic E-state index is 13.4. The first-order valence-electron chi connectivity index (χ1n) is 6.78. The van der Waals surface area contributed by atoms with Gasteiger partial charge in [-0.3, -0.25) is 0 Å². The van der Waals surface area contributed by atoms with E-state index < -0.39 is 17.5 Å². The molecule has 3 aromatic rings. The number of hydrogen-bond acceptors (Lipinski definition) is 5. The minimum Gasteiger partial charge on any atom is -0.493 e. The van der Waals surface area contributed by atoms with Crippen molar-refractivity contribution in [3.8, 4) is 22.9 Å². The number of anilines is 1.